The van der Waals surface area contributed by atoms with Crippen molar-refractivity contribution in [3.8, 4) is 11.3 Å². The first-order chi connectivity index (χ1) is 12.0. The summed E-state index contributed by atoms with van der Waals surface area (Å²) in [6.45, 7) is 0.354. The second kappa shape index (κ2) is 7.44. The molecule has 1 aromatic heterocycles. The molecule has 128 valence electrons. The van der Waals surface area contributed by atoms with E-state index in [-0.39, 0.29) is 23.7 Å². The number of nitrogens with zero attached hydrogens (tertiary/aromatic N) is 1. The van der Waals surface area contributed by atoms with Crippen molar-refractivity contribution in [3.63, 3.8) is 0 Å². The van der Waals surface area contributed by atoms with E-state index >= 15 is 0 Å². The SMILES string of the molecule is O=C(Cc1cc(-c2ccc(F)cc2F)on1)NCc1ccc(Cl)cc1. The molecule has 0 saturated heterocycles. The molecule has 3 aromatic rings. The van der Waals surface area contributed by atoms with Gasteiger partial charge < -0.3 is 9.84 Å². The molecular weight excluding hydrogens is 350 g/mol. The lowest BCUT2D eigenvalue weighted by Crippen LogP contribution is -2.24. The lowest BCUT2D eigenvalue weighted by molar-refractivity contribution is -0.120. The first-order valence-electron chi connectivity index (χ1n) is 7.43. The number of hydrogen-bond acceptors (Lipinski definition) is 3. The number of hydrogen-bond donors (Lipinski definition) is 1. The molecule has 0 spiro atoms. The molecule has 0 atom stereocenters. The maximum Gasteiger partial charge on any atom is 0.226 e. The van der Waals surface area contributed by atoms with Gasteiger partial charge >= 0.3 is 0 Å². The van der Waals surface area contributed by atoms with Crippen LogP contribution in [-0.2, 0) is 17.8 Å². The Kier molecular flexibility index (Phi) is 5.09. The molecule has 0 radical (unpaired) electrons. The van der Waals surface area contributed by atoms with Crippen molar-refractivity contribution < 1.29 is 18.1 Å². The Morgan fingerprint density at radius 2 is 1.88 bits per heavy atom. The van der Waals surface area contributed by atoms with E-state index in [1.54, 1.807) is 12.1 Å². The molecule has 2 aromatic carbocycles. The molecule has 0 bridgehead atoms. The standard InChI is InChI=1S/C18H13ClF2N2O2/c19-12-3-1-11(2-4-12)10-22-18(24)9-14-8-17(25-23-14)15-6-5-13(20)7-16(15)21/h1-8H,9-10H2,(H,22,24). The van der Waals surface area contributed by atoms with E-state index in [0.29, 0.717) is 17.3 Å². The van der Waals surface area contributed by atoms with Gasteiger partial charge in [0.15, 0.2) is 5.76 Å². The largest absolute Gasteiger partial charge is 0.356 e. The van der Waals surface area contributed by atoms with Crippen LogP contribution in [0.2, 0.25) is 5.02 Å². The summed E-state index contributed by atoms with van der Waals surface area (Å²) >= 11 is 5.80. The van der Waals surface area contributed by atoms with E-state index in [1.807, 2.05) is 12.1 Å². The highest BCUT2D eigenvalue weighted by Gasteiger charge is 2.14. The van der Waals surface area contributed by atoms with E-state index < -0.39 is 11.6 Å². The normalized spacial score (nSPS) is 10.7. The number of carbonyl (C=O) groups excluding carboxylic acids is 1. The average Bonchev–Trinajstić information content (AvgIpc) is 3.02. The molecule has 25 heavy (non-hydrogen) atoms. The van der Waals surface area contributed by atoms with Crippen LogP contribution in [0, 0.1) is 11.6 Å². The number of amides is 1. The monoisotopic (exact) mass is 362 g/mol. The van der Waals surface area contributed by atoms with Gasteiger partial charge in [-0.15, -0.1) is 0 Å². The molecule has 0 aliphatic heterocycles. The second-order valence-electron chi connectivity index (χ2n) is 5.39. The van der Waals surface area contributed by atoms with Crippen molar-refractivity contribution >= 4 is 17.5 Å². The number of halogens is 3. The Hall–Kier alpha value is -2.73. The second-order valence-corrected chi connectivity index (χ2v) is 5.82. The van der Waals surface area contributed by atoms with Crippen LogP contribution in [0.4, 0.5) is 8.78 Å². The molecule has 0 aliphatic carbocycles. The zero-order valence-electron chi connectivity index (χ0n) is 12.9. The summed E-state index contributed by atoms with van der Waals surface area (Å²) in [7, 11) is 0. The first-order valence-corrected chi connectivity index (χ1v) is 7.81. The van der Waals surface area contributed by atoms with Crippen molar-refractivity contribution in [2.45, 2.75) is 13.0 Å². The van der Waals surface area contributed by atoms with Crippen LogP contribution in [0.3, 0.4) is 0 Å². The van der Waals surface area contributed by atoms with E-state index in [2.05, 4.69) is 10.5 Å². The minimum atomic E-state index is -0.755. The summed E-state index contributed by atoms with van der Waals surface area (Å²) in [5, 5.41) is 7.12. The van der Waals surface area contributed by atoms with Gasteiger partial charge in [-0.1, -0.05) is 28.9 Å². The highest BCUT2D eigenvalue weighted by Crippen LogP contribution is 2.24. The number of benzene rings is 2. The summed E-state index contributed by atoms with van der Waals surface area (Å²) < 4.78 is 31.7. The molecular formula is C18H13ClF2N2O2. The van der Waals surface area contributed by atoms with Gasteiger partial charge in [0.25, 0.3) is 0 Å². The fraction of sp³-hybridized carbons (Fsp3) is 0.111. The number of aromatic nitrogens is 1. The van der Waals surface area contributed by atoms with Gasteiger partial charge in [-0.05, 0) is 29.8 Å². The van der Waals surface area contributed by atoms with Crippen LogP contribution in [0.1, 0.15) is 11.3 Å². The van der Waals surface area contributed by atoms with Gasteiger partial charge in [0, 0.05) is 23.7 Å². The smallest absolute Gasteiger partial charge is 0.226 e. The topological polar surface area (TPSA) is 55.1 Å². The molecule has 1 amide bonds. The van der Waals surface area contributed by atoms with Crippen LogP contribution in [-0.4, -0.2) is 11.1 Å². The molecule has 7 heteroatoms. The maximum absolute atomic E-state index is 13.7. The summed E-state index contributed by atoms with van der Waals surface area (Å²) in [6, 6.07) is 11.7. The van der Waals surface area contributed by atoms with Crippen LogP contribution in [0.15, 0.2) is 53.1 Å². The van der Waals surface area contributed by atoms with E-state index in [9.17, 15) is 13.6 Å². The van der Waals surface area contributed by atoms with Gasteiger partial charge in [-0.25, -0.2) is 8.78 Å². The van der Waals surface area contributed by atoms with E-state index in [0.717, 1.165) is 17.7 Å². The zero-order valence-corrected chi connectivity index (χ0v) is 13.7. The molecule has 0 aliphatic rings. The van der Waals surface area contributed by atoms with Crippen molar-refractivity contribution in [3.05, 3.63) is 76.4 Å². The van der Waals surface area contributed by atoms with E-state index in [4.69, 9.17) is 16.1 Å². The lowest BCUT2D eigenvalue weighted by Gasteiger charge is -2.04. The summed E-state index contributed by atoms with van der Waals surface area (Å²) in [6.07, 6.45) is -0.0140. The lowest BCUT2D eigenvalue weighted by atomic mass is 10.1. The third-order valence-corrected chi connectivity index (χ3v) is 3.75. The van der Waals surface area contributed by atoms with E-state index in [1.165, 1.54) is 12.1 Å². The highest BCUT2D eigenvalue weighted by molar-refractivity contribution is 6.30. The summed E-state index contributed by atoms with van der Waals surface area (Å²) in [5.41, 5.74) is 1.35. The van der Waals surface area contributed by atoms with Crippen LogP contribution >= 0.6 is 11.6 Å². The third kappa shape index (κ3) is 4.42. The third-order valence-electron chi connectivity index (χ3n) is 3.50. The molecule has 3 rings (SSSR count). The van der Waals surface area contributed by atoms with Gasteiger partial charge in [-0.2, -0.15) is 0 Å². The van der Waals surface area contributed by atoms with Crippen LogP contribution in [0.5, 0.6) is 0 Å². The molecule has 1 N–H and O–H groups in total. The van der Waals surface area contributed by atoms with Crippen molar-refractivity contribution in [2.75, 3.05) is 0 Å². The molecule has 0 fully saturated rings. The summed E-state index contributed by atoms with van der Waals surface area (Å²) in [4.78, 5) is 12.0. The Labute approximate surface area is 147 Å². The van der Waals surface area contributed by atoms with Crippen molar-refractivity contribution in [1.29, 1.82) is 0 Å². The fourth-order valence-corrected chi connectivity index (χ4v) is 2.37. The van der Waals surface area contributed by atoms with Gasteiger partial charge in [-0.3, -0.25) is 4.79 Å². The summed E-state index contributed by atoms with van der Waals surface area (Å²) in [5.74, 6) is -1.55. The molecule has 1 heterocycles. The Bertz CT molecular complexity index is 894. The molecule has 0 saturated carbocycles. The van der Waals surface area contributed by atoms with Crippen LogP contribution < -0.4 is 5.32 Å². The van der Waals surface area contributed by atoms with Gasteiger partial charge in [0.1, 0.15) is 11.6 Å². The number of rotatable bonds is 5. The molecule has 0 unspecified atom stereocenters. The minimum Gasteiger partial charge on any atom is -0.356 e. The maximum atomic E-state index is 13.7. The van der Waals surface area contributed by atoms with Gasteiger partial charge in [0.2, 0.25) is 5.91 Å². The number of carbonyl (C=O) groups is 1. The number of nitrogens with one attached hydrogen (secondary N) is 1. The predicted octanol–water partition coefficient (Wildman–Crippen LogP) is 4.13. The van der Waals surface area contributed by atoms with Crippen molar-refractivity contribution in [2.24, 2.45) is 0 Å². The minimum absolute atomic E-state index is 0.0140. The predicted molar refractivity (Wildman–Crippen MR) is 88.9 cm³/mol. The zero-order chi connectivity index (χ0) is 17.8. The Morgan fingerprint density at radius 1 is 1.12 bits per heavy atom. The van der Waals surface area contributed by atoms with Crippen LogP contribution in [0.25, 0.3) is 11.3 Å². The first kappa shape index (κ1) is 17.1. The highest BCUT2D eigenvalue weighted by atomic mass is 35.5. The Morgan fingerprint density at radius 3 is 2.60 bits per heavy atom. The fourth-order valence-electron chi connectivity index (χ4n) is 2.24. The average molecular weight is 363 g/mol. The molecule has 4 nitrogen and oxygen atoms in total. The quantitative estimate of drug-likeness (QED) is 0.742. The van der Waals surface area contributed by atoms with Crippen molar-refractivity contribution in [1.82, 2.24) is 10.5 Å². The van der Waals surface area contributed by atoms with Gasteiger partial charge in [0.05, 0.1) is 17.7 Å². The Balaban J connectivity index is 1.60.